The van der Waals surface area contributed by atoms with Crippen molar-refractivity contribution >= 4 is 35.0 Å². The van der Waals surface area contributed by atoms with Crippen LogP contribution in [0.2, 0.25) is 10.0 Å². The molecule has 0 aromatic heterocycles. The zero-order valence-corrected chi connectivity index (χ0v) is 14.1. The topological polar surface area (TPSA) is 52.6 Å². The van der Waals surface area contributed by atoms with E-state index in [9.17, 15) is 9.59 Å². The van der Waals surface area contributed by atoms with Crippen molar-refractivity contribution in [2.45, 2.75) is 31.8 Å². The molecule has 0 spiro atoms. The monoisotopic (exact) mass is 356 g/mol. The molecular weight excluding hydrogens is 339 g/mol. The lowest BCUT2D eigenvalue weighted by Crippen LogP contribution is -2.32. The van der Waals surface area contributed by atoms with Crippen molar-refractivity contribution < 1.29 is 19.1 Å². The van der Waals surface area contributed by atoms with Gasteiger partial charge in [0.15, 0.2) is 5.78 Å². The highest BCUT2D eigenvalue weighted by Crippen LogP contribution is 2.38. The van der Waals surface area contributed by atoms with Gasteiger partial charge in [-0.25, -0.2) is 0 Å². The van der Waals surface area contributed by atoms with Gasteiger partial charge in [0.25, 0.3) is 0 Å². The predicted octanol–water partition coefficient (Wildman–Crippen LogP) is 3.98. The van der Waals surface area contributed by atoms with Crippen LogP contribution in [0.4, 0.5) is 0 Å². The smallest absolute Gasteiger partial charge is 0.312 e. The second kappa shape index (κ2) is 7.20. The zero-order valence-electron chi connectivity index (χ0n) is 12.6. The molecule has 1 aliphatic carbocycles. The summed E-state index contributed by atoms with van der Waals surface area (Å²) in [5.41, 5.74) is 0.728. The van der Waals surface area contributed by atoms with Crippen LogP contribution in [0.1, 0.15) is 37.4 Å². The van der Waals surface area contributed by atoms with E-state index in [1.807, 2.05) is 0 Å². The van der Waals surface area contributed by atoms with E-state index in [1.165, 1.54) is 0 Å². The van der Waals surface area contributed by atoms with Crippen molar-refractivity contribution in [1.29, 1.82) is 0 Å². The maximum atomic E-state index is 12.4. The first-order valence-electron chi connectivity index (χ1n) is 7.82. The van der Waals surface area contributed by atoms with Crippen LogP contribution < -0.4 is 0 Å². The van der Waals surface area contributed by atoms with E-state index in [0.717, 1.165) is 24.8 Å². The molecule has 1 aromatic carbocycles. The average Bonchev–Trinajstić information content (AvgIpc) is 3.37. The van der Waals surface area contributed by atoms with Crippen LogP contribution in [0.25, 0.3) is 0 Å². The molecule has 1 saturated carbocycles. The van der Waals surface area contributed by atoms with Gasteiger partial charge in [0.1, 0.15) is 6.61 Å². The molecule has 0 bridgehead atoms. The largest absolute Gasteiger partial charge is 0.457 e. The Bertz CT molecular complexity index is 613. The van der Waals surface area contributed by atoms with Gasteiger partial charge in [0, 0.05) is 28.1 Å². The van der Waals surface area contributed by atoms with Crippen LogP contribution in [0.15, 0.2) is 18.2 Å². The van der Waals surface area contributed by atoms with Crippen LogP contribution in [0, 0.1) is 11.8 Å². The quantitative estimate of drug-likeness (QED) is 0.748. The molecule has 1 aliphatic heterocycles. The highest BCUT2D eigenvalue weighted by atomic mass is 35.5. The third-order valence-electron chi connectivity index (χ3n) is 4.28. The number of hydrogen-bond donors (Lipinski definition) is 0. The Morgan fingerprint density at radius 3 is 2.70 bits per heavy atom. The van der Waals surface area contributed by atoms with E-state index in [4.69, 9.17) is 32.7 Å². The molecule has 2 aliphatic rings. The van der Waals surface area contributed by atoms with Crippen molar-refractivity contribution in [3.05, 3.63) is 33.8 Å². The normalized spacial score (nSPS) is 24.3. The summed E-state index contributed by atoms with van der Waals surface area (Å²) >= 11 is 12.2. The van der Waals surface area contributed by atoms with E-state index >= 15 is 0 Å². The Morgan fingerprint density at radius 2 is 2.00 bits per heavy atom. The summed E-state index contributed by atoms with van der Waals surface area (Å²) in [6.07, 6.45) is 2.78. The number of esters is 1. The minimum Gasteiger partial charge on any atom is -0.457 e. The number of ketones is 1. The summed E-state index contributed by atoms with van der Waals surface area (Å²) in [4.78, 5) is 24.1. The lowest BCUT2D eigenvalue weighted by molar-refractivity contribution is -0.161. The van der Waals surface area contributed by atoms with E-state index in [0.29, 0.717) is 23.1 Å². The van der Waals surface area contributed by atoms with Gasteiger partial charge >= 0.3 is 5.97 Å². The number of halogens is 2. The minimum absolute atomic E-state index is 0.0103. The summed E-state index contributed by atoms with van der Waals surface area (Å²) in [7, 11) is 0. The van der Waals surface area contributed by atoms with E-state index in [2.05, 4.69) is 0 Å². The Balaban J connectivity index is 1.70. The second-order valence-corrected chi connectivity index (χ2v) is 6.90. The fourth-order valence-corrected chi connectivity index (χ4v) is 3.35. The molecule has 1 aromatic rings. The van der Waals surface area contributed by atoms with Gasteiger partial charge in [-0.2, -0.15) is 0 Å². The summed E-state index contributed by atoms with van der Waals surface area (Å²) in [5.74, 6) is -0.743. The van der Waals surface area contributed by atoms with Crippen LogP contribution in [0.5, 0.6) is 0 Å². The second-order valence-electron chi connectivity index (χ2n) is 6.05. The van der Waals surface area contributed by atoms with Gasteiger partial charge in [-0.05, 0) is 37.8 Å². The third kappa shape index (κ3) is 4.06. The Labute approximate surface area is 145 Å². The highest BCUT2D eigenvalue weighted by molar-refractivity contribution is 6.35. The molecule has 2 unspecified atom stereocenters. The van der Waals surface area contributed by atoms with E-state index < -0.39 is 18.0 Å². The fourth-order valence-electron chi connectivity index (χ4n) is 2.83. The van der Waals surface area contributed by atoms with Gasteiger partial charge in [-0.15, -0.1) is 0 Å². The summed E-state index contributed by atoms with van der Waals surface area (Å²) in [6.45, 7) is 0.426. The number of benzene rings is 1. The molecule has 0 radical (unpaired) electrons. The molecule has 2 fully saturated rings. The Hall–Kier alpha value is -1.10. The summed E-state index contributed by atoms with van der Waals surface area (Å²) < 4.78 is 11.0. The summed E-state index contributed by atoms with van der Waals surface area (Å²) in [5, 5.41) is 1.000. The SMILES string of the molecule is O=C(COC(=O)C1CCCOC1c1ccc(Cl)cc1Cl)C1CC1. The fraction of sp³-hybridized carbons (Fsp3) is 0.529. The molecule has 0 amide bonds. The van der Waals surface area contributed by atoms with Crippen LogP contribution in [-0.4, -0.2) is 25.0 Å². The number of ether oxygens (including phenoxy) is 2. The lowest BCUT2D eigenvalue weighted by Gasteiger charge is -2.31. The number of carbonyl (C=O) groups is 2. The number of rotatable bonds is 5. The van der Waals surface area contributed by atoms with Crippen molar-refractivity contribution in [2.24, 2.45) is 11.8 Å². The molecule has 6 heteroatoms. The summed E-state index contributed by atoms with van der Waals surface area (Å²) in [6, 6.07) is 5.13. The lowest BCUT2D eigenvalue weighted by atomic mass is 9.89. The first-order chi connectivity index (χ1) is 11.1. The third-order valence-corrected chi connectivity index (χ3v) is 4.85. The van der Waals surface area contributed by atoms with E-state index in [1.54, 1.807) is 18.2 Å². The number of hydrogen-bond acceptors (Lipinski definition) is 4. The number of Topliss-reactive ketones (excluding diaryl/α,β-unsaturated/α-hetero) is 1. The maximum Gasteiger partial charge on any atom is 0.312 e. The molecule has 3 rings (SSSR count). The predicted molar refractivity (Wildman–Crippen MR) is 86.6 cm³/mol. The number of carbonyl (C=O) groups excluding carboxylic acids is 2. The highest BCUT2D eigenvalue weighted by Gasteiger charge is 2.36. The van der Waals surface area contributed by atoms with Gasteiger partial charge in [-0.3, -0.25) is 9.59 Å². The van der Waals surface area contributed by atoms with Crippen molar-refractivity contribution in [1.82, 2.24) is 0 Å². The average molecular weight is 357 g/mol. The van der Waals surface area contributed by atoms with Gasteiger partial charge in [0.05, 0.1) is 12.0 Å². The van der Waals surface area contributed by atoms with Gasteiger partial charge in [0.2, 0.25) is 0 Å². The minimum atomic E-state index is -0.461. The molecule has 124 valence electrons. The molecule has 1 saturated heterocycles. The zero-order chi connectivity index (χ0) is 16.4. The van der Waals surface area contributed by atoms with Gasteiger partial charge in [-0.1, -0.05) is 29.3 Å². The van der Waals surface area contributed by atoms with Crippen molar-refractivity contribution in [3.63, 3.8) is 0 Å². The Kier molecular flexibility index (Phi) is 5.24. The van der Waals surface area contributed by atoms with Crippen LogP contribution in [-0.2, 0) is 19.1 Å². The first-order valence-corrected chi connectivity index (χ1v) is 8.58. The molecule has 1 heterocycles. The molecule has 23 heavy (non-hydrogen) atoms. The molecule has 0 N–H and O–H groups in total. The van der Waals surface area contributed by atoms with Gasteiger partial charge < -0.3 is 9.47 Å². The van der Waals surface area contributed by atoms with Crippen LogP contribution >= 0.6 is 23.2 Å². The Morgan fingerprint density at radius 1 is 1.22 bits per heavy atom. The standard InChI is InChI=1S/C17H18Cl2O4/c18-11-5-6-12(14(19)8-11)16-13(2-1-7-22-16)17(21)23-9-15(20)10-3-4-10/h5-6,8,10,13,16H,1-4,7,9H2. The van der Waals surface area contributed by atoms with E-state index in [-0.39, 0.29) is 18.3 Å². The van der Waals surface area contributed by atoms with Crippen molar-refractivity contribution in [3.8, 4) is 0 Å². The van der Waals surface area contributed by atoms with Crippen molar-refractivity contribution in [2.75, 3.05) is 13.2 Å². The maximum absolute atomic E-state index is 12.4. The molecular formula is C17H18Cl2O4. The first kappa shape index (κ1) is 16.7. The molecule has 2 atom stereocenters. The molecule has 4 nitrogen and oxygen atoms in total. The van der Waals surface area contributed by atoms with Crippen LogP contribution in [0.3, 0.4) is 0 Å².